The number of halogens is 1. The van der Waals surface area contributed by atoms with Crippen LogP contribution in [0, 0.1) is 5.82 Å². The van der Waals surface area contributed by atoms with Crippen LogP contribution in [0.15, 0.2) is 30.5 Å². The van der Waals surface area contributed by atoms with Crippen LogP contribution in [0.4, 0.5) is 4.39 Å². The van der Waals surface area contributed by atoms with Crippen molar-refractivity contribution in [3.8, 4) is 5.75 Å². The van der Waals surface area contributed by atoms with Gasteiger partial charge in [-0.25, -0.2) is 4.39 Å². The number of benzene rings is 1. The highest BCUT2D eigenvalue weighted by Gasteiger charge is 2.23. The number of nitrogens with zero attached hydrogens (tertiary/aromatic N) is 3. The standard InChI is InChI=1S/C15H20FN3O2/c1-18(2)8-9-19-14(13(21-3)10-17-19)15(20)11-6-4-5-7-12(11)16/h4-7,10,15,20H,8-9H2,1-3H3. The van der Waals surface area contributed by atoms with Gasteiger partial charge in [0.1, 0.15) is 17.6 Å². The highest BCUT2D eigenvalue weighted by atomic mass is 19.1. The molecule has 0 aliphatic carbocycles. The summed E-state index contributed by atoms with van der Waals surface area (Å²) in [6, 6.07) is 6.16. The summed E-state index contributed by atoms with van der Waals surface area (Å²) in [4.78, 5) is 2.01. The van der Waals surface area contributed by atoms with Crippen molar-refractivity contribution in [2.45, 2.75) is 12.6 Å². The molecule has 0 radical (unpaired) electrons. The van der Waals surface area contributed by atoms with E-state index in [-0.39, 0.29) is 5.56 Å². The predicted molar refractivity (Wildman–Crippen MR) is 77.8 cm³/mol. The molecule has 0 saturated heterocycles. The highest BCUT2D eigenvalue weighted by molar-refractivity contribution is 5.35. The number of hydrogen-bond donors (Lipinski definition) is 1. The number of rotatable bonds is 6. The van der Waals surface area contributed by atoms with Crippen molar-refractivity contribution in [1.82, 2.24) is 14.7 Å². The maximum Gasteiger partial charge on any atom is 0.163 e. The predicted octanol–water partition coefficient (Wildman–Crippen LogP) is 1.67. The van der Waals surface area contributed by atoms with Gasteiger partial charge in [-0.3, -0.25) is 4.68 Å². The molecule has 0 saturated carbocycles. The van der Waals surface area contributed by atoms with Gasteiger partial charge in [0.25, 0.3) is 0 Å². The molecule has 1 aromatic carbocycles. The Morgan fingerprint density at radius 2 is 2.10 bits per heavy atom. The van der Waals surface area contributed by atoms with Gasteiger partial charge in [-0.1, -0.05) is 18.2 Å². The lowest BCUT2D eigenvalue weighted by Gasteiger charge is -2.17. The lowest BCUT2D eigenvalue weighted by Crippen LogP contribution is -2.21. The fraction of sp³-hybridized carbons (Fsp3) is 0.400. The average Bonchev–Trinajstić information content (AvgIpc) is 2.87. The van der Waals surface area contributed by atoms with E-state index < -0.39 is 11.9 Å². The summed E-state index contributed by atoms with van der Waals surface area (Å²) < 4.78 is 20.8. The number of hydrogen-bond acceptors (Lipinski definition) is 4. The molecule has 2 rings (SSSR count). The summed E-state index contributed by atoms with van der Waals surface area (Å²) in [5, 5.41) is 14.7. The lowest BCUT2D eigenvalue weighted by atomic mass is 10.1. The first-order valence-corrected chi connectivity index (χ1v) is 6.71. The van der Waals surface area contributed by atoms with E-state index in [4.69, 9.17) is 4.74 Å². The first-order valence-electron chi connectivity index (χ1n) is 6.71. The number of methoxy groups -OCH3 is 1. The monoisotopic (exact) mass is 293 g/mol. The molecule has 1 aromatic heterocycles. The van der Waals surface area contributed by atoms with Crippen LogP contribution in [0.1, 0.15) is 17.4 Å². The van der Waals surface area contributed by atoms with Gasteiger partial charge in [-0.2, -0.15) is 5.10 Å². The smallest absolute Gasteiger partial charge is 0.163 e. The van der Waals surface area contributed by atoms with Crippen molar-refractivity contribution < 1.29 is 14.2 Å². The van der Waals surface area contributed by atoms with Crippen molar-refractivity contribution in [3.63, 3.8) is 0 Å². The van der Waals surface area contributed by atoms with Gasteiger partial charge in [0.2, 0.25) is 0 Å². The third kappa shape index (κ3) is 3.40. The number of likely N-dealkylation sites (N-methyl/N-ethyl adjacent to an activating group) is 1. The minimum Gasteiger partial charge on any atom is -0.493 e. The topological polar surface area (TPSA) is 50.5 Å². The first kappa shape index (κ1) is 15.5. The molecule has 21 heavy (non-hydrogen) atoms. The van der Waals surface area contributed by atoms with Crippen LogP contribution < -0.4 is 4.74 Å². The van der Waals surface area contributed by atoms with Crippen LogP contribution in [0.25, 0.3) is 0 Å². The highest BCUT2D eigenvalue weighted by Crippen LogP contribution is 2.31. The summed E-state index contributed by atoms with van der Waals surface area (Å²) in [6.45, 7) is 1.33. The normalized spacial score (nSPS) is 12.7. The fourth-order valence-corrected chi connectivity index (χ4v) is 2.13. The molecule has 0 aliphatic rings. The van der Waals surface area contributed by atoms with E-state index in [1.165, 1.54) is 19.4 Å². The molecular formula is C15H20FN3O2. The van der Waals surface area contributed by atoms with Gasteiger partial charge in [-0.15, -0.1) is 0 Å². The fourth-order valence-electron chi connectivity index (χ4n) is 2.13. The summed E-state index contributed by atoms with van der Waals surface area (Å²) in [6.07, 6.45) is 0.417. The Morgan fingerprint density at radius 1 is 1.38 bits per heavy atom. The van der Waals surface area contributed by atoms with Crippen molar-refractivity contribution >= 4 is 0 Å². The number of aliphatic hydroxyl groups is 1. The van der Waals surface area contributed by atoms with Gasteiger partial charge in [0.15, 0.2) is 5.75 Å². The van der Waals surface area contributed by atoms with Gasteiger partial charge in [0, 0.05) is 12.1 Å². The van der Waals surface area contributed by atoms with E-state index in [0.717, 1.165) is 6.54 Å². The molecule has 0 spiro atoms. The van der Waals surface area contributed by atoms with Crippen molar-refractivity contribution in [3.05, 3.63) is 47.5 Å². The summed E-state index contributed by atoms with van der Waals surface area (Å²) in [5.41, 5.74) is 0.673. The van der Waals surface area contributed by atoms with Crippen molar-refractivity contribution in [2.75, 3.05) is 27.7 Å². The summed E-state index contributed by atoms with van der Waals surface area (Å²) in [7, 11) is 5.41. The number of ether oxygens (including phenoxy) is 1. The van der Waals surface area contributed by atoms with Gasteiger partial charge < -0.3 is 14.7 Å². The zero-order valence-corrected chi connectivity index (χ0v) is 12.5. The van der Waals surface area contributed by atoms with Crippen molar-refractivity contribution in [1.29, 1.82) is 0 Å². The first-order chi connectivity index (χ1) is 10.0. The number of aliphatic hydroxyl groups excluding tert-OH is 1. The SMILES string of the molecule is COc1cnn(CCN(C)C)c1C(O)c1ccccc1F. The molecule has 2 aromatic rings. The van der Waals surface area contributed by atoms with E-state index in [1.807, 2.05) is 19.0 Å². The Bertz CT molecular complexity index is 598. The summed E-state index contributed by atoms with van der Waals surface area (Å²) >= 11 is 0. The van der Waals surface area contributed by atoms with Crippen LogP contribution in [0.2, 0.25) is 0 Å². The molecular weight excluding hydrogens is 273 g/mol. The van der Waals surface area contributed by atoms with Gasteiger partial charge >= 0.3 is 0 Å². The quantitative estimate of drug-likeness (QED) is 0.880. The molecule has 114 valence electrons. The van der Waals surface area contributed by atoms with Crippen LogP contribution in [-0.4, -0.2) is 47.5 Å². The van der Waals surface area contributed by atoms with E-state index >= 15 is 0 Å². The molecule has 0 amide bonds. The van der Waals surface area contributed by atoms with E-state index in [2.05, 4.69) is 5.10 Å². The molecule has 0 fully saturated rings. The maximum absolute atomic E-state index is 13.9. The third-order valence-electron chi connectivity index (χ3n) is 3.28. The molecule has 6 heteroatoms. The molecule has 1 heterocycles. The molecule has 1 atom stereocenters. The van der Waals surface area contributed by atoms with E-state index in [0.29, 0.717) is 18.0 Å². The zero-order valence-electron chi connectivity index (χ0n) is 12.5. The Labute approximate surface area is 123 Å². The molecule has 0 aliphatic heterocycles. The Balaban J connectivity index is 2.36. The maximum atomic E-state index is 13.9. The van der Waals surface area contributed by atoms with Gasteiger partial charge in [0.05, 0.1) is 19.9 Å². The second kappa shape index (κ2) is 6.69. The van der Waals surface area contributed by atoms with Gasteiger partial charge in [-0.05, 0) is 20.2 Å². The second-order valence-electron chi connectivity index (χ2n) is 5.05. The van der Waals surface area contributed by atoms with Crippen molar-refractivity contribution in [2.24, 2.45) is 0 Å². The van der Waals surface area contributed by atoms with E-state index in [9.17, 15) is 9.50 Å². The minimum atomic E-state index is -1.12. The average molecular weight is 293 g/mol. The Hall–Kier alpha value is -1.92. The molecule has 1 N–H and O–H groups in total. The second-order valence-corrected chi connectivity index (χ2v) is 5.05. The van der Waals surface area contributed by atoms with Crippen LogP contribution in [-0.2, 0) is 6.54 Å². The third-order valence-corrected chi connectivity index (χ3v) is 3.28. The Morgan fingerprint density at radius 3 is 2.71 bits per heavy atom. The largest absolute Gasteiger partial charge is 0.493 e. The molecule has 5 nitrogen and oxygen atoms in total. The van der Waals surface area contributed by atoms with Crippen LogP contribution in [0.3, 0.4) is 0 Å². The van der Waals surface area contributed by atoms with E-state index in [1.54, 1.807) is 22.9 Å². The molecule has 0 bridgehead atoms. The zero-order chi connectivity index (χ0) is 15.4. The van der Waals surface area contributed by atoms with Crippen LogP contribution >= 0.6 is 0 Å². The molecule has 1 unspecified atom stereocenters. The van der Waals surface area contributed by atoms with Crippen LogP contribution in [0.5, 0.6) is 5.75 Å². The summed E-state index contributed by atoms with van der Waals surface area (Å²) in [5.74, 6) is -0.00285. The number of aromatic nitrogens is 2. The Kier molecular flexibility index (Phi) is 4.93. The lowest BCUT2D eigenvalue weighted by molar-refractivity contribution is 0.195. The minimum absolute atomic E-state index is 0.211.